The van der Waals surface area contributed by atoms with Gasteiger partial charge in [0, 0.05) is 10.9 Å². The van der Waals surface area contributed by atoms with Crippen molar-refractivity contribution in [2.45, 2.75) is 26.3 Å². The molecule has 0 bridgehead atoms. The number of ether oxygens (including phenoxy) is 1. The number of aromatic nitrogens is 1. The summed E-state index contributed by atoms with van der Waals surface area (Å²) in [5.41, 5.74) is 1.09. The number of hydrogen-bond acceptors (Lipinski definition) is 5. The van der Waals surface area contributed by atoms with Crippen molar-refractivity contribution in [1.82, 2.24) is 10.3 Å². The molecule has 0 spiro atoms. The van der Waals surface area contributed by atoms with Gasteiger partial charge in [-0.25, -0.2) is 9.78 Å². The van der Waals surface area contributed by atoms with E-state index in [4.69, 9.17) is 4.74 Å². The van der Waals surface area contributed by atoms with Crippen LogP contribution >= 0.6 is 11.3 Å². The van der Waals surface area contributed by atoms with E-state index in [1.807, 2.05) is 31.2 Å². The second kappa shape index (κ2) is 7.92. The molecule has 128 valence electrons. The molecule has 1 aromatic heterocycles. The summed E-state index contributed by atoms with van der Waals surface area (Å²) in [5.74, 6) is -0.931. The van der Waals surface area contributed by atoms with E-state index >= 15 is 0 Å². The maximum Gasteiger partial charge on any atom is 0.326 e. The normalized spacial score (nSPS) is 13.1. The highest BCUT2D eigenvalue weighted by Crippen LogP contribution is 2.25. The Hall–Kier alpha value is -2.41. The predicted octanol–water partition coefficient (Wildman–Crippen LogP) is 3.05. The van der Waals surface area contributed by atoms with Gasteiger partial charge in [0.15, 0.2) is 0 Å². The number of nitrogens with zero attached hydrogens (tertiary/aromatic N) is 1. The molecule has 1 heterocycles. The van der Waals surface area contributed by atoms with Gasteiger partial charge in [0.25, 0.3) is 5.91 Å². The monoisotopic (exact) mass is 348 g/mol. The minimum atomic E-state index is -1.04. The van der Waals surface area contributed by atoms with E-state index < -0.39 is 17.9 Å². The van der Waals surface area contributed by atoms with Crippen LogP contribution in [0.1, 0.15) is 30.8 Å². The Balaban J connectivity index is 2.13. The predicted molar refractivity (Wildman–Crippen MR) is 92.4 cm³/mol. The summed E-state index contributed by atoms with van der Waals surface area (Å²) in [4.78, 5) is 27.9. The van der Waals surface area contributed by atoms with E-state index in [-0.39, 0.29) is 11.6 Å². The van der Waals surface area contributed by atoms with Crippen molar-refractivity contribution in [1.29, 1.82) is 0 Å². The summed E-state index contributed by atoms with van der Waals surface area (Å²) >= 11 is 1.33. The number of methoxy groups -OCH3 is 1. The smallest absolute Gasteiger partial charge is 0.326 e. The van der Waals surface area contributed by atoms with Gasteiger partial charge in [0.05, 0.1) is 7.11 Å². The fourth-order valence-electron chi connectivity index (χ4n) is 2.14. The van der Waals surface area contributed by atoms with Crippen molar-refractivity contribution < 1.29 is 19.4 Å². The number of rotatable bonds is 7. The van der Waals surface area contributed by atoms with Crippen LogP contribution in [0.3, 0.4) is 0 Å². The minimum absolute atomic E-state index is 0.161. The number of aliphatic carboxylic acids is 1. The fourth-order valence-corrected chi connectivity index (χ4v) is 2.95. The third-order valence-corrected chi connectivity index (χ3v) is 4.73. The summed E-state index contributed by atoms with van der Waals surface area (Å²) in [6.07, 6.45) is 0.658. The minimum Gasteiger partial charge on any atom is -0.497 e. The Morgan fingerprint density at radius 2 is 2.00 bits per heavy atom. The zero-order valence-electron chi connectivity index (χ0n) is 13.8. The van der Waals surface area contributed by atoms with Crippen molar-refractivity contribution >= 4 is 23.2 Å². The van der Waals surface area contributed by atoms with Crippen LogP contribution in [0, 0.1) is 5.92 Å². The molecule has 2 atom stereocenters. The third kappa shape index (κ3) is 4.11. The molecule has 0 aliphatic rings. The second-order valence-corrected chi connectivity index (χ2v) is 6.30. The number of carbonyl (C=O) groups excluding carboxylic acids is 1. The maximum atomic E-state index is 12.3. The molecule has 1 amide bonds. The molecule has 0 saturated carbocycles. The highest BCUT2D eigenvalue weighted by Gasteiger charge is 2.26. The highest BCUT2D eigenvalue weighted by atomic mass is 32.1. The molecular weight excluding hydrogens is 328 g/mol. The van der Waals surface area contributed by atoms with Crippen LogP contribution in [0.25, 0.3) is 10.6 Å². The summed E-state index contributed by atoms with van der Waals surface area (Å²) in [6, 6.07) is 6.44. The largest absolute Gasteiger partial charge is 0.497 e. The Labute approximate surface area is 144 Å². The molecule has 2 aromatic rings. The number of amides is 1. The fraction of sp³-hybridized carbons (Fsp3) is 0.353. The summed E-state index contributed by atoms with van der Waals surface area (Å²) in [6.45, 7) is 3.68. The Morgan fingerprint density at radius 1 is 1.33 bits per heavy atom. The van der Waals surface area contributed by atoms with Crippen LogP contribution < -0.4 is 10.1 Å². The van der Waals surface area contributed by atoms with E-state index in [1.54, 1.807) is 19.4 Å². The number of hydrogen-bond donors (Lipinski definition) is 2. The standard InChI is InChI=1S/C17H20N2O4S/c1-4-10(2)14(17(21)22)19-15(20)13-9-24-16(18-13)11-5-7-12(23-3)8-6-11/h5-10,14H,4H2,1-3H3,(H,19,20)(H,21,22)/t10-,14-/m0/s1. The molecular formula is C17H20N2O4S. The lowest BCUT2D eigenvalue weighted by molar-refractivity contribution is -0.140. The van der Waals surface area contributed by atoms with Gasteiger partial charge in [-0.3, -0.25) is 4.79 Å². The lowest BCUT2D eigenvalue weighted by Crippen LogP contribution is -2.45. The summed E-state index contributed by atoms with van der Waals surface area (Å²) in [5, 5.41) is 14.1. The molecule has 0 aliphatic heterocycles. The molecule has 2 N–H and O–H groups in total. The van der Waals surface area contributed by atoms with E-state index in [9.17, 15) is 14.7 Å². The molecule has 1 aromatic carbocycles. The van der Waals surface area contributed by atoms with Crippen LogP contribution in [-0.2, 0) is 4.79 Å². The number of benzene rings is 1. The lowest BCUT2D eigenvalue weighted by Gasteiger charge is -2.19. The van der Waals surface area contributed by atoms with Crippen LogP contribution in [-0.4, -0.2) is 35.1 Å². The van der Waals surface area contributed by atoms with Crippen molar-refractivity contribution in [2.24, 2.45) is 5.92 Å². The van der Waals surface area contributed by atoms with E-state index in [1.165, 1.54) is 11.3 Å². The first-order chi connectivity index (χ1) is 11.5. The van der Waals surface area contributed by atoms with Crippen molar-refractivity contribution in [3.8, 4) is 16.3 Å². The number of carboxylic acids is 1. The molecule has 0 fully saturated rings. The second-order valence-electron chi connectivity index (χ2n) is 5.44. The van der Waals surface area contributed by atoms with Crippen LogP contribution in [0.4, 0.5) is 0 Å². The average Bonchev–Trinajstić information content (AvgIpc) is 3.08. The third-order valence-electron chi connectivity index (χ3n) is 3.84. The number of thiazole rings is 1. The van der Waals surface area contributed by atoms with Crippen LogP contribution in [0.2, 0.25) is 0 Å². The van der Waals surface area contributed by atoms with Crippen LogP contribution in [0.5, 0.6) is 5.75 Å². The molecule has 0 unspecified atom stereocenters. The number of carbonyl (C=O) groups is 2. The van der Waals surface area contributed by atoms with E-state index in [0.717, 1.165) is 11.3 Å². The Bertz CT molecular complexity index is 712. The maximum absolute atomic E-state index is 12.3. The van der Waals surface area contributed by atoms with Crippen molar-refractivity contribution in [3.05, 3.63) is 35.3 Å². The number of nitrogens with one attached hydrogen (secondary N) is 1. The SMILES string of the molecule is CC[C@H](C)[C@H](NC(=O)c1csc(-c2ccc(OC)cc2)n1)C(=O)O. The van der Waals surface area contributed by atoms with Crippen molar-refractivity contribution in [2.75, 3.05) is 7.11 Å². The Kier molecular flexibility index (Phi) is 5.92. The van der Waals surface area contributed by atoms with Gasteiger partial charge >= 0.3 is 5.97 Å². The van der Waals surface area contributed by atoms with Gasteiger partial charge in [-0.1, -0.05) is 20.3 Å². The van der Waals surface area contributed by atoms with Gasteiger partial charge in [-0.2, -0.15) is 0 Å². The molecule has 24 heavy (non-hydrogen) atoms. The van der Waals surface area contributed by atoms with Crippen molar-refractivity contribution in [3.63, 3.8) is 0 Å². The summed E-state index contributed by atoms with van der Waals surface area (Å²) < 4.78 is 5.11. The zero-order valence-corrected chi connectivity index (χ0v) is 14.6. The first-order valence-corrected chi connectivity index (χ1v) is 8.47. The number of carboxylic acid groups (broad SMARTS) is 1. The van der Waals surface area contributed by atoms with Gasteiger partial charge < -0.3 is 15.2 Å². The molecule has 0 radical (unpaired) electrons. The topological polar surface area (TPSA) is 88.5 Å². The molecule has 7 heteroatoms. The average molecular weight is 348 g/mol. The highest BCUT2D eigenvalue weighted by molar-refractivity contribution is 7.13. The molecule has 0 aliphatic carbocycles. The van der Waals surface area contributed by atoms with E-state index in [0.29, 0.717) is 11.4 Å². The first kappa shape index (κ1) is 17.9. The zero-order chi connectivity index (χ0) is 17.7. The van der Waals surface area contributed by atoms with E-state index in [2.05, 4.69) is 10.3 Å². The lowest BCUT2D eigenvalue weighted by atomic mass is 9.99. The van der Waals surface area contributed by atoms with Gasteiger partial charge in [-0.05, 0) is 30.2 Å². The van der Waals surface area contributed by atoms with Crippen LogP contribution in [0.15, 0.2) is 29.6 Å². The Morgan fingerprint density at radius 3 is 2.54 bits per heavy atom. The quantitative estimate of drug-likeness (QED) is 0.803. The summed E-state index contributed by atoms with van der Waals surface area (Å²) in [7, 11) is 1.59. The van der Waals surface area contributed by atoms with Gasteiger partial charge in [0.2, 0.25) is 0 Å². The molecule has 2 rings (SSSR count). The first-order valence-electron chi connectivity index (χ1n) is 7.59. The molecule has 0 saturated heterocycles. The van der Waals surface area contributed by atoms with Gasteiger partial charge in [0.1, 0.15) is 22.5 Å². The van der Waals surface area contributed by atoms with Gasteiger partial charge in [-0.15, -0.1) is 11.3 Å². The molecule has 6 nitrogen and oxygen atoms in total.